The standard InChI is InChI=1S/C17H28N4/c1-7-17(4,5)20(6)16-14(12-18-13(2)3)21-11-9-8-10-15(21)19-16/h8-11,13,18H,7,12H2,1-6H3. The number of pyridine rings is 1. The number of anilines is 1. The van der Waals surface area contributed by atoms with Crippen molar-refractivity contribution in [3.8, 4) is 0 Å². The van der Waals surface area contributed by atoms with Crippen LogP contribution in [-0.4, -0.2) is 28.0 Å². The average molecular weight is 288 g/mol. The third-order valence-electron chi connectivity index (χ3n) is 4.38. The Balaban J connectivity index is 2.48. The van der Waals surface area contributed by atoms with Crippen LogP contribution >= 0.6 is 0 Å². The molecule has 2 aromatic heterocycles. The molecule has 0 aliphatic heterocycles. The lowest BCUT2D eigenvalue weighted by atomic mass is 10.00. The molecule has 2 heterocycles. The maximum atomic E-state index is 4.85. The third-order valence-corrected chi connectivity index (χ3v) is 4.38. The van der Waals surface area contributed by atoms with E-state index < -0.39 is 0 Å². The fourth-order valence-corrected chi connectivity index (χ4v) is 2.29. The van der Waals surface area contributed by atoms with Gasteiger partial charge in [0.1, 0.15) is 5.65 Å². The number of nitrogens with one attached hydrogen (secondary N) is 1. The zero-order chi connectivity index (χ0) is 15.6. The lowest BCUT2D eigenvalue weighted by Gasteiger charge is -2.35. The van der Waals surface area contributed by atoms with E-state index >= 15 is 0 Å². The number of fused-ring (bicyclic) bond motifs is 1. The molecule has 0 aliphatic carbocycles. The first-order valence-electron chi connectivity index (χ1n) is 7.80. The van der Waals surface area contributed by atoms with Crippen LogP contribution in [0.25, 0.3) is 5.65 Å². The van der Waals surface area contributed by atoms with Gasteiger partial charge >= 0.3 is 0 Å². The van der Waals surface area contributed by atoms with Gasteiger partial charge in [-0.25, -0.2) is 4.98 Å². The second kappa shape index (κ2) is 6.06. The molecule has 2 rings (SSSR count). The Hall–Kier alpha value is -1.55. The minimum atomic E-state index is 0.0878. The first-order valence-corrected chi connectivity index (χ1v) is 7.80. The number of hydrogen-bond acceptors (Lipinski definition) is 3. The molecule has 0 atom stereocenters. The quantitative estimate of drug-likeness (QED) is 0.883. The molecule has 0 unspecified atom stereocenters. The van der Waals surface area contributed by atoms with Crippen molar-refractivity contribution in [1.82, 2.24) is 14.7 Å². The molecule has 0 aromatic carbocycles. The SMILES string of the molecule is CCC(C)(C)N(C)c1nc2ccccn2c1CNC(C)C. The van der Waals surface area contributed by atoms with E-state index in [0.29, 0.717) is 6.04 Å². The Morgan fingerprint density at radius 3 is 2.67 bits per heavy atom. The summed E-state index contributed by atoms with van der Waals surface area (Å²) < 4.78 is 2.19. The first kappa shape index (κ1) is 15.8. The second-order valence-corrected chi connectivity index (χ2v) is 6.57. The van der Waals surface area contributed by atoms with Gasteiger partial charge in [0.15, 0.2) is 5.82 Å². The van der Waals surface area contributed by atoms with E-state index in [4.69, 9.17) is 4.98 Å². The van der Waals surface area contributed by atoms with E-state index in [0.717, 1.165) is 24.4 Å². The van der Waals surface area contributed by atoms with Gasteiger partial charge < -0.3 is 14.6 Å². The van der Waals surface area contributed by atoms with E-state index in [1.54, 1.807) is 0 Å². The molecule has 0 fully saturated rings. The van der Waals surface area contributed by atoms with Crippen LogP contribution in [0.4, 0.5) is 5.82 Å². The maximum Gasteiger partial charge on any atom is 0.152 e. The number of aromatic nitrogens is 2. The summed E-state index contributed by atoms with van der Waals surface area (Å²) in [5, 5.41) is 3.52. The van der Waals surface area contributed by atoms with E-state index in [9.17, 15) is 0 Å². The Morgan fingerprint density at radius 1 is 1.33 bits per heavy atom. The predicted molar refractivity (Wildman–Crippen MR) is 89.9 cm³/mol. The molecular weight excluding hydrogens is 260 g/mol. The van der Waals surface area contributed by atoms with Crippen LogP contribution < -0.4 is 10.2 Å². The molecule has 0 bridgehead atoms. The van der Waals surface area contributed by atoms with Crippen LogP contribution in [0, 0.1) is 0 Å². The summed E-state index contributed by atoms with van der Waals surface area (Å²) in [5.74, 6) is 1.07. The van der Waals surface area contributed by atoms with Crippen molar-refractivity contribution in [3.05, 3.63) is 30.1 Å². The second-order valence-electron chi connectivity index (χ2n) is 6.57. The molecular formula is C17H28N4. The van der Waals surface area contributed by atoms with Gasteiger partial charge in [0.25, 0.3) is 0 Å². The van der Waals surface area contributed by atoms with Crippen LogP contribution in [-0.2, 0) is 6.54 Å². The monoisotopic (exact) mass is 288 g/mol. The normalized spacial score (nSPS) is 12.3. The van der Waals surface area contributed by atoms with Gasteiger partial charge in [-0.3, -0.25) is 0 Å². The number of hydrogen-bond donors (Lipinski definition) is 1. The van der Waals surface area contributed by atoms with Crippen molar-refractivity contribution >= 4 is 11.5 Å². The largest absolute Gasteiger partial charge is 0.353 e. The first-order chi connectivity index (χ1) is 9.86. The zero-order valence-electron chi connectivity index (χ0n) is 14.1. The van der Waals surface area contributed by atoms with Gasteiger partial charge in [-0.2, -0.15) is 0 Å². The van der Waals surface area contributed by atoms with Gasteiger partial charge in [-0.05, 0) is 32.4 Å². The van der Waals surface area contributed by atoms with Crippen molar-refractivity contribution in [2.45, 2.75) is 59.2 Å². The molecule has 0 saturated heterocycles. The molecule has 4 heteroatoms. The van der Waals surface area contributed by atoms with Crippen LogP contribution in [0.1, 0.15) is 46.7 Å². The van der Waals surface area contributed by atoms with Gasteiger partial charge in [0.05, 0.1) is 5.69 Å². The molecule has 0 spiro atoms. The zero-order valence-corrected chi connectivity index (χ0v) is 14.1. The Bertz CT molecular complexity index is 598. The Kier molecular flexibility index (Phi) is 4.57. The highest BCUT2D eigenvalue weighted by Crippen LogP contribution is 2.28. The highest BCUT2D eigenvalue weighted by Gasteiger charge is 2.26. The highest BCUT2D eigenvalue weighted by atomic mass is 15.3. The van der Waals surface area contributed by atoms with Gasteiger partial charge in [0.2, 0.25) is 0 Å². The van der Waals surface area contributed by atoms with Crippen LogP contribution in [0.2, 0.25) is 0 Å². The summed E-state index contributed by atoms with van der Waals surface area (Å²) in [5.41, 5.74) is 2.32. The molecule has 1 N–H and O–H groups in total. The van der Waals surface area contributed by atoms with Crippen molar-refractivity contribution in [1.29, 1.82) is 0 Å². The summed E-state index contributed by atoms with van der Waals surface area (Å²) in [6, 6.07) is 6.62. The van der Waals surface area contributed by atoms with Crippen molar-refractivity contribution in [3.63, 3.8) is 0 Å². The smallest absolute Gasteiger partial charge is 0.152 e. The molecule has 0 saturated carbocycles. The molecule has 21 heavy (non-hydrogen) atoms. The minimum Gasteiger partial charge on any atom is -0.353 e. The summed E-state index contributed by atoms with van der Waals surface area (Å²) in [6.07, 6.45) is 3.17. The fraction of sp³-hybridized carbons (Fsp3) is 0.588. The van der Waals surface area contributed by atoms with Gasteiger partial charge in [0, 0.05) is 31.4 Å². The lowest BCUT2D eigenvalue weighted by molar-refractivity contribution is 0.465. The third kappa shape index (κ3) is 3.21. The summed E-state index contributed by atoms with van der Waals surface area (Å²) in [7, 11) is 2.14. The topological polar surface area (TPSA) is 32.6 Å². The van der Waals surface area contributed by atoms with Crippen molar-refractivity contribution < 1.29 is 0 Å². The molecule has 0 radical (unpaired) electrons. The molecule has 116 valence electrons. The highest BCUT2D eigenvalue weighted by molar-refractivity contribution is 5.56. The lowest BCUT2D eigenvalue weighted by Crippen LogP contribution is -2.41. The summed E-state index contributed by atoms with van der Waals surface area (Å²) in [6.45, 7) is 11.9. The van der Waals surface area contributed by atoms with Crippen LogP contribution in [0.3, 0.4) is 0 Å². The summed E-state index contributed by atoms with van der Waals surface area (Å²) >= 11 is 0. The van der Waals surface area contributed by atoms with E-state index in [-0.39, 0.29) is 5.54 Å². The van der Waals surface area contributed by atoms with Crippen LogP contribution in [0.15, 0.2) is 24.4 Å². The molecule has 0 amide bonds. The van der Waals surface area contributed by atoms with Gasteiger partial charge in [-0.1, -0.05) is 26.8 Å². The van der Waals surface area contributed by atoms with Gasteiger partial charge in [-0.15, -0.1) is 0 Å². The van der Waals surface area contributed by atoms with E-state index in [1.807, 2.05) is 6.07 Å². The predicted octanol–water partition coefficient (Wildman–Crippen LogP) is 3.46. The van der Waals surface area contributed by atoms with E-state index in [2.05, 4.69) is 74.6 Å². The molecule has 4 nitrogen and oxygen atoms in total. The molecule has 0 aliphatic rings. The number of imidazole rings is 1. The molecule has 2 aromatic rings. The van der Waals surface area contributed by atoms with Crippen molar-refractivity contribution in [2.75, 3.05) is 11.9 Å². The van der Waals surface area contributed by atoms with Crippen molar-refractivity contribution in [2.24, 2.45) is 0 Å². The Morgan fingerprint density at radius 2 is 2.05 bits per heavy atom. The fourth-order valence-electron chi connectivity index (χ4n) is 2.29. The number of rotatable bonds is 6. The number of nitrogens with zero attached hydrogens (tertiary/aromatic N) is 3. The minimum absolute atomic E-state index is 0.0878. The average Bonchev–Trinajstić information content (AvgIpc) is 2.82. The summed E-state index contributed by atoms with van der Waals surface area (Å²) in [4.78, 5) is 7.16. The Labute approximate surface area is 128 Å². The van der Waals surface area contributed by atoms with E-state index in [1.165, 1.54) is 5.69 Å². The maximum absolute atomic E-state index is 4.85. The van der Waals surface area contributed by atoms with Crippen LogP contribution in [0.5, 0.6) is 0 Å².